The number of halogens is 4. The zero-order valence-electron chi connectivity index (χ0n) is 17.2. The van der Waals surface area contributed by atoms with Crippen LogP contribution in [0.25, 0.3) is 27.7 Å². The van der Waals surface area contributed by atoms with Crippen molar-refractivity contribution in [2.24, 2.45) is 0 Å². The molecule has 0 amide bonds. The van der Waals surface area contributed by atoms with Crippen molar-refractivity contribution < 1.29 is 30.7 Å². The van der Waals surface area contributed by atoms with Crippen molar-refractivity contribution in [1.29, 1.82) is 0 Å². The van der Waals surface area contributed by atoms with Crippen molar-refractivity contribution in [3.05, 3.63) is 78.5 Å². The minimum absolute atomic E-state index is 0.0658. The fourth-order valence-corrected chi connectivity index (χ4v) is 4.03. The van der Waals surface area contributed by atoms with Crippen LogP contribution in [-0.4, -0.2) is 32.3 Å². The van der Waals surface area contributed by atoms with Crippen LogP contribution in [0.2, 0.25) is 0 Å². The third-order valence-electron chi connectivity index (χ3n) is 4.78. The first-order valence-corrected chi connectivity index (χ1v) is 11.6. The van der Waals surface area contributed by atoms with Crippen molar-refractivity contribution in [1.82, 2.24) is 4.57 Å². The molecule has 172 valence electrons. The van der Waals surface area contributed by atoms with Gasteiger partial charge in [0.1, 0.15) is 24.0 Å². The largest absolute Gasteiger partial charge is 0.488 e. The molecule has 0 radical (unpaired) electrons. The van der Waals surface area contributed by atoms with E-state index >= 15 is 0 Å². The van der Waals surface area contributed by atoms with Crippen molar-refractivity contribution in [3.63, 3.8) is 0 Å². The zero-order valence-corrected chi connectivity index (χ0v) is 18.0. The highest BCUT2D eigenvalue weighted by atomic mass is 32.2. The zero-order chi connectivity index (χ0) is 23.8. The molecule has 0 fully saturated rings. The number of hydrogen-bond donors (Lipinski definition) is 1. The fraction of sp³-hybridized carbons (Fsp3) is 0.130. The first-order chi connectivity index (χ1) is 15.6. The minimum Gasteiger partial charge on any atom is -0.488 e. The molecular formula is C23H18F4N2O3S. The maximum Gasteiger partial charge on any atom is 0.272 e. The van der Waals surface area contributed by atoms with E-state index in [0.29, 0.717) is 22.5 Å². The van der Waals surface area contributed by atoms with E-state index in [0.717, 1.165) is 23.8 Å². The summed E-state index contributed by atoms with van der Waals surface area (Å²) >= 11 is 0. The van der Waals surface area contributed by atoms with Crippen LogP contribution in [0.15, 0.2) is 66.9 Å². The first kappa shape index (κ1) is 22.7. The van der Waals surface area contributed by atoms with Crippen LogP contribution >= 0.6 is 0 Å². The van der Waals surface area contributed by atoms with Gasteiger partial charge in [0.05, 0.1) is 17.5 Å². The monoisotopic (exact) mass is 478 g/mol. The van der Waals surface area contributed by atoms with E-state index in [4.69, 9.17) is 4.74 Å². The highest BCUT2D eigenvalue weighted by Gasteiger charge is 2.14. The summed E-state index contributed by atoms with van der Waals surface area (Å²) in [6, 6.07) is 14.3. The topological polar surface area (TPSA) is 60.3 Å². The van der Waals surface area contributed by atoms with Crippen LogP contribution in [0.4, 0.5) is 23.2 Å². The van der Waals surface area contributed by atoms with Crippen LogP contribution in [-0.2, 0) is 10.0 Å². The summed E-state index contributed by atoms with van der Waals surface area (Å²) < 4.78 is 85.8. The number of fused-ring (bicyclic) bond motifs is 1. The minimum atomic E-state index is -3.50. The van der Waals surface area contributed by atoms with Crippen LogP contribution < -0.4 is 9.46 Å². The standard InChI is InChI=1S/C23H18F4N2O3S/c1-33(30,31)28-17-4-2-14-6-7-29(22(14)11-17)18-8-15(9-19(12-18)32-13-23(26)27)20-5-3-16(24)10-21(20)25/h2-12,23,28H,13H2,1H3. The van der Waals surface area contributed by atoms with Crippen LogP contribution in [0, 0.1) is 11.6 Å². The van der Waals surface area contributed by atoms with Gasteiger partial charge in [-0.2, -0.15) is 0 Å². The number of nitrogens with one attached hydrogen (secondary N) is 1. The summed E-state index contributed by atoms with van der Waals surface area (Å²) in [6.45, 7) is -0.857. The maximum absolute atomic E-state index is 14.4. The number of sulfonamides is 1. The molecule has 33 heavy (non-hydrogen) atoms. The number of nitrogens with zero attached hydrogens (tertiary/aromatic N) is 1. The third kappa shape index (κ3) is 5.28. The Morgan fingerprint density at radius 2 is 1.79 bits per heavy atom. The van der Waals surface area contributed by atoms with Gasteiger partial charge in [0.15, 0.2) is 0 Å². The normalized spacial score (nSPS) is 11.8. The second-order valence-corrected chi connectivity index (χ2v) is 9.12. The van der Waals surface area contributed by atoms with E-state index < -0.39 is 34.7 Å². The molecule has 0 saturated heterocycles. The Hall–Kier alpha value is -3.53. The molecule has 1 heterocycles. The van der Waals surface area contributed by atoms with Gasteiger partial charge in [0.25, 0.3) is 6.43 Å². The molecule has 3 aromatic carbocycles. The van der Waals surface area contributed by atoms with Crippen molar-refractivity contribution in [2.45, 2.75) is 6.43 Å². The van der Waals surface area contributed by atoms with Gasteiger partial charge in [-0.3, -0.25) is 4.72 Å². The number of alkyl halides is 2. The molecule has 1 aromatic heterocycles. The molecule has 1 N–H and O–H groups in total. The van der Waals surface area contributed by atoms with Gasteiger partial charge in [0.2, 0.25) is 10.0 Å². The maximum atomic E-state index is 14.4. The molecule has 0 saturated carbocycles. The van der Waals surface area contributed by atoms with Crippen LogP contribution in [0.5, 0.6) is 5.75 Å². The van der Waals surface area contributed by atoms with Crippen molar-refractivity contribution >= 4 is 26.6 Å². The molecule has 0 unspecified atom stereocenters. The predicted octanol–water partition coefficient (Wildman–Crippen LogP) is 5.59. The van der Waals surface area contributed by atoms with Gasteiger partial charge >= 0.3 is 0 Å². The van der Waals surface area contributed by atoms with Gasteiger partial charge in [-0.1, -0.05) is 6.07 Å². The molecule has 10 heteroatoms. The Balaban J connectivity index is 1.86. The second-order valence-electron chi connectivity index (χ2n) is 7.38. The van der Waals surface area contributed by atoms with Crippen molar-refractivity contribution in [2.75, 3.05) is 17.6 Å². The summed E-state index contributed by atoms with van der Waals surface area (Å²) in [4.78, 5) is 0. The summed E-state index contributed by atoms with van der Waals surface area (Å²) in [5.74, 6) is -1.49. The molecule has 0 aliphatic carbocycles. The Kier molecular flexibility index (Phi) is 6.03. The van der Waals surface area contributed by atoms with E-state index in [-0.39, 0.29) is 11.3 Å². The summed E-state index contributed by atoms with van der Waals surface area (Å²) in [6.07, 6.45) is 0.0203. The number of benzene rings is 3. The first-order valence-electron chi connectivity index (χ1n) is 9.70. The quantitative estimate of drug-likeness (QED) is 0.352. The van der Waals surface area contributed by atoms with Crippen LogP contribution in [0.1, 0.15) is 0 Å². The van der Waals surface area contributed by atoms with E-state index in [1.54, 1.807) is 41.1 Å². The van der Waals surface area contributed by atoms with Gasteiger partial charge in [-0.15, -0.1) is 0 Å². The van der Waals surface area contributed by atoms with Gasteiger partial charge < -0.3 is 9.30 Å². The lowest BCUT2D eigenvalue weighted by molar-refractivity contribution is 0.0819. The Labute approximate surface area is 187 Å². The molecule has 0 spiro atoms. The number of aromatic nitrogens is 1. The summed E-state index contributed by atoms with van der Waals surface area (Å²) in [7, 11) is -3.50. The average molecular weight is 478 g/mol. The highest BCUT2D eigenvalue weighted by molar-refractivity contribution is 7.92. The fourth-order valence-electron chi connectivity index (χ4n) is 3.48. The molecular weight excluding hydrogens is 460 g/mol. The Morgan fingerprint density at radius 3 is 2.48 bits per heavy atom. The molecule has 0 atom stereocenters. The average Bonchev–Trinajstić information content (AvgIpc) is 3.14. The van der Waals surface area contributed by atoms with E-state index in [9.17, 15) is 26.0 Å². The SMILES string of the molecule is CS(=O)(=O)Nc1ccc2ccn(-c3cc(OCC(F)F)cc(-c4ccc(F)cc4F)c3)c2c1. The van der Waals surface area contributed by atoms with E-state index in [1.807, 2.05) is 0 Å². The molecule has 0 aliphatic heterocycles. The van der Waals surface area contributed by atoms with Gasteiger partial charge in [0, 0.05) is 35.0 Å². The lowest BCUT2D eigenvalue weighted by Crippen LogP contribution is -2.09. The second kappa shape index (κ2) is 8.78. The Bertz CT molecular complexity index is 1440. The number of rotatable bonds is 7. The highest BCUT2D eigenvalue weighted by Crippen LogP contribution is 2.32. The number of ether oxygens (including phenoxy) is 1. The molecule has 4 rings (SSSR count). The van der Waals surface area contributed by atoms with Gasteiger partial charge in [-0.25, -0.2) is 26.0 Å². The summed E-state index contributed by atoms with van der Waals surface area (Å²) in [5, 5.41) is 0.780. The van der Waals surface area contributed by atoms with E-state index in [2.05, 4.69) is 4.72 Å². The van der Waals surface area contributed by atoms with Crippen LogP contribution in [0.3, 0.4) is 0 Å². The third-order valence-corrected chi connectivity index (χ3v) is 5.39. The van der Waals surface area contributed by atoms with E-state index in [1.165, 1.54) is 18.2 Å². The lowest BCUT2D eigenvalue weighted by atomic mass is 10.0. The Morgan fingerprint density at radius 1 is 1.00 bits per heavy atom. The molecule has 0 bridgehead atoms. The molecule has 0 aliphatic rings. The van der Waals surface area contributed by atoms with Gasteiger partial charge in [-0.05, 0) is 48.0 Å². The molecule has 4 aromatic rings. The lowest BCUT2D eigenvalue weighted by Gasteiger charge is -2.14. The predicted molar refractivity (Wildman–Crippen MR) is 119 cm³/mol. The number of anilines is 1. The van der Waals surface area contributed by atoms with Crippen molar-refractivity contribution in [3.8, 4) is 22.6 Å². The number of hydrogen-bond acceptors (Lipinski definition) is 3. The smallest absolute Gasteiger partial charge is 0.272 e. The summed E-state index contributed by atoms with van der Waals surface area (Å²) in [5.41, 5.74) is 1.75. The molecule has 5 nitrogen and oxygen atoms in total.